The van der Waals surface area contributed by atoms with E-state index in [0.29, 0.717) is 16.9 Å². The lowest BCUT2D eigenvalue weighted by Gasteiger charge is -2.10. The minimum atomic E-state index is -0.687. The normalized spacial score (nSPS) is 11.0. The van der Waals surface area contributed by atoms with E-state index in [9.17, 15) is 18.8 Å². The summed E-state index contributed by atoms with van der Waals surface area (Å²) in [5, 5.41) is 2.45. The molecule has 0 radical (unpaired) electrons. The maximum absolute atomic E-state index is 13.5. The van der Waals surface area contributed by atoms with Crippen molar-refractivity contribution in [3.8, 4) is 5.75 Å². The fourth-order valence-corrected chi connectivity index (χ4v) is 3.78. The largest absolute Gasteiger partial charge is 0.486 e. The number of carbonyl (C=O) groups is 2. The van der Waals surface area contributed by atoms with Gasteiger partial charge < -0.3 is 10.1 Å². The number of benzene rings is 1. The van der Waals surface area contributed by atoms with Crippen LogP contribution in [0, 0.1) is 12.7 Å². The summed E-state index contributed by atoms with van der Waals surface area (Å²) < 4.78 is 20.5. The molecule has 2 aromatic heterocycles. The fourth-order valence-electron chi connectivity index (χ4n) is 2.84. The Morgan fingerprint density at radius 2 is 2.13 bits per heavy atom. The van der Waals surface area contributed by atoms with Crippen molar-refractivity contribution in [3.05, 3.63) is 61.7 Å². The van der Waals surface area contributed by atoms with Crippen molar-refractivity contribution in [2.75, 3.05) is 13.2 Å². The molecular weight excluding hydrogens is 445 g/mol. The van der Waals surface area contributed by atoms with Crippen LogP contribution in [-0.2, 0) is 11.2 Å². The number of rotatable bonds is 9. The number of aryl methyl sites for hydroxylation is 1. The van der Waals surface area contributed by atoms with E-state index in [1.165, 1.54) is 27.9 Å². The van der Waals surface area contributed by atoms with Crippen LogP contribution in [0.4, 0.5) is 4.39 Å². The third-order valence-corrected chi connectivity index (χ3v) is 5.60. The SMILES string of the molecule is CCCCOc1c(C(=O)NCC(=O)Cc2ccc(Cl)c(F)c2)nc2sc(C)cn2c1=O. The molecule has 10 heteroatoms. The van der Waals surface area contributed by atoms with Gasteiger partial charge in [-0.05, 0) is 31.0 Å². The molecule has 7 nitrogen and oxygen atoms in total. The average Bonchev–Trinajstić information content (AvgIpc) is 3.11. The van der Waals surface area contributed by atoms with Gasteiger partial charge in [-0.3, -0.25) is 18.8 Å². The second kappa shape index (κ2) is 10.0. The van der Waals surface area contributed by atoms with Gasteiger partial charge in [0.1, 0.15) is 5.82 Å². The van der Waals surface area contributed by atoms with Crippen LogP contribution in [0.5, 0.6) is 5.75 Å². The maximum atomic E-state index is 13.5. The standard InChI is InChI=1S/C21H21ClFN3O4S/c1-3-4-7-30-18-17(25-21-26(20(18)29)11-12(2)31-21)19(28)24-10-14(27)8-13-5-6-15(22)16(23)9-13/h5-6,9,11H,3-4,7-8,10H2,1-2H3,(H,24,28). The first kappa shape index (κ1) is 22.9. The van der Waals surface area contributed by atoms with Gasteiger partial charge in [0.2, 0.25) is 5.75 Å². The van der Waals surface area contributed by atoms with Gasteiger partial charge in [0.05, 0.1) is 18.2 Å². The molecule has 164 valence electrons. The molecule has 1 amide bonds. The summed E-state index contributed by atoms with van der Waals surface area (Å²) in [4.78, 5) is 43.3. The first-order valence-corrected chi connectivity index (χ1v) is 10.9. The minimum absolute atomic E-state index is 0.0309. The molecule has 0 aliphatic heterocycles. The van der Waals surface area contributed by atoms with Crippen molar-refractivity contribution in [2.24, 2.45) is 0 Å². The van der Waals surface area contributed by atoms with Gasteiger partial charge in [0.15, 0.2) is 16.4 Å². The second-order valence-electron chi connectivity index (χ2n) is 6.94. The zero-order valence-electron chi connectivity index (χ0n) is 17.0. The Kier molecular flexibility index (Phi) is 7.40. The van der Waals surface area contributed by atoms with Crippen LogP contribution in [0.3, 0.4) is 0 Å². The topological polar surface area (TPSA) is 89.8 Å². The molecular formula is C21H21ClFN3O4S. The van der Waals surface area contributed by atoms with Crippen LogP contribution in [0.1, 0.15) is 40.7 Å². The van der Waals surface area contributed by atoms with Gasteiger partial charge in [-0.15, -0.1) is 11.3 Å². The van der Waals surface area contributed by atoms with Crippen LogP contribution in [-0.4, -0.2) is 34.2 Å². The lowest BCUT2D eigenvalue weighted by Crippen LogP contribution is -2.33. The molecule has 0 aliphatic carbocycles. The van der Waals surface area contributed by atoms with Crippen molar-refractivity contribution >= 4 is 39.6 Å². The van der Waals surface area contributed by atoms with Crippen LogP contribution in [0.2, 0.25) is 5.02 Å². The summed E-state index contributed by atoms with van der Waals surface area (Å²) in [6.07, 6.45) is 3.13. The summed E-state index contributed by atoms with van der Waals surface area (Å²) in [6, 6.07) is 4.09. The van der Waals surface area contributed by atoms with Gasteiger partial charge >= 0.3 is 5.56 Å². The Morgan fingerprint density at radius 3 is 2.84 bits per heavy atom. The third-order valence-electron chi connectivity index (χ3n) is 4.40. The third kappa shape index (κ3) is 5.48. The van der Waals surface area contributed by atoms with Gasteiger partial charge in [-0.1, -0.05) is 31.0 Å². The molecule has 1 N–H and O–H groups in total. The van der Waals surface area contributed by atoms with E-state index in [1.807, 2.05) is 13.8 Å². The summed E-state index contributed by atoms with van der Waals surface area (Å²) in [5.74, 6) is -1.79. The van der Waals surface area contributed by atoms with E-state index in [0.717, 1.165) is 11.3 Å². The number of hydrogen-bond donors (Lipinski definition) is 1. The molecule has 3 aromatic rings. The first-order chi connectivity index (χ1) is 14.8. The number of Topliss-reactive ketones (excluding diaryl/α,β-unsaturated/α-hetero) is 1. The van der Waals surface area contributed by atoms with Crippen molar-refractivity contribution < 1.29 is 18.7 Å². The molecule has 0 saturated heterocycles. The van der Waals surface area contributed by atoms with Crippen LogP contribution >= 0.6 is 22.9 Å². The summed E-state index contributed by atoms with van der Waals surface area (Å²) >= 11 is 6.91. The first-order valence-electron chi connectivity index (χ1n) is 9.69. The minimum Gasteiger partial charge on any atom is -0.486 e. The quantitative estimate of drug-likeness (QED) is 0.488. The molecule has 0 fully saturated rings. The van der Waals surface area contributed by atoms with Gasteiger partial charge in [0, 0.05) is 17.5 Å². The number of carbonyl (C=O) groups excluding carboxylic acids is 2. The Hall–Kier alpha value is -2.78. The maximum Gasteiger partial charge on any atom is 0.301 e. The van der Waals surface area contributed by atoms with E-state index in [1.54, 1.807) is 12.3 Å². The summed E-state index contributed by atoms with van der Waals surface area (Å²) in [5.41, 5.74) is -0.191. The van der Waals surface area contributed by atoms with Gasteiger partial charge in [-0.25, -0.2) is 9.37 Å². The summed E-state index contributed by atoms with van der Waals surface area (Å²) in [6.45, 7) is 3.77. The van der Waals surface area contributed by atoms with Gasteiger partial charge in [-0.2, -0.15) is 0 Å². The number of ketones is 1. The lowest BCUT2D eigenvalue weighted by atomic mass is 10.1. The predicted molar refractivity (Wildman–Crippen MR) is 117 cm³/mol. The van der Waals surface area contributed by atoms with E-state index in [2.05, 4.69) is 10.3 Å². The van der Waals surface area contributed by atoms with Crippen LogP contribution < -0.4 is 15.6 Å². The number of aromatic nitrogens is 2. The van der Waals surface area contributed by atoms with Crippen molar-refractivity contribution in [3.63, 3.8) is 0 Å². The van der Waals surface area contributed by atoms with Crippen molar-refractivity contribution in [1.82, 2.24) is 14.7 Å². The van der Waals surface area contributed by atoms with Crippen molar-refractivity contribution in [2.45, 2.75) is 33.1 Å². The highest BCUT2D eigenvalue weighted by molar-refractivity contribution is 7.16. The highest BCUT2D eigenvalue weighted by Gasteiger charge is 2.22. The highest BCUT2D eigenvalue weighted by Crippen LogP contribution is 2.19. The number of ether oxygens (including phenoxy) is 1. The zero-order valence-corrected chi connectivity index (χ0v) is 18.6. The Balaban J connectivity index is 1.77. The molecule has 0 atom stereocenters. The number of hydrogen-bond acceptors (Lipinski definition) is 6. The monoisotopic (exact) mass is 465 g/mol. The molecule has 0 saturated carbocycles. The fraction of sp³-hybridized carbons (Fsp3) is 0.333. The molecule has 31 heavy (non-hydrogen) atoms. The predicted octanol–water partition coefficient (Wildman–Crippen LogP) is 3.58. The highest BCUT2D eigenvalue weighted by atomic mass is 35.5. The Bertz CT molecular complexity index is 1190. The Morgan fingerprint density at radius 1 is 1.35 bits per heavy atom. The molecule has 0 aliphatic rings. The summed E-state index contributed by atoms with van der Waals surface area (Å²) in [7, 11) is 0. The van der Waals surface area contributed by atoms with E-state index in [-0.39, 0.29) is 41.8 Å². The number of halogens is 2. The molecule has 0 bridgehead atoms. The number of fused-ring (bicyclic) bond motifs is 1. The van der Waals surface area contributed by atoms with Crippen molar-refractivity contribution in [1.29, 1.82) is 0 Å². The van der Waals surface area contributed by atoms with E-state index in [4.69, 9.17) is 16.3 Å². The Labute approximate surface area is 186 Å². The number of unbranched alkanes of at least 4 members (excludes halogenated alkanes) is 1. The smallest absolute Gasteiger partial charge is 0.301 e. The number of nitrogens with one attached hydrogen (secondary N) is 1. The molecule has 3 rings (SSSR count). The molecule has 1 aromatic carbocycles. The van der Waals surface area contributed by atoms with Crippen LogP contribution in [0.15, 0.2) is 29.2 Å². The zero-order chi connectivity index (χ0) is 22.5. The van der Waals surface area contributed by atoms with Gasteiger partial charge in [0.25, 0.3) is 5.91 Å². The lowest BCUT2D eigenvalue weighted by molar-refractivity contribution is -0.117. The average molecular weight is 466 g/mol. The van der Waals surface area contributed by atoms with E-state index < -0.39 is 17.3 Å². The number of amides is 1. The van der Waals surface area contributed by atoms with E-state index >= 15 is 0 Å². The molecule has 0 spiro atoms. The number of nitrogens with zero attached hydrogens (tertiary/aromatic N) is 2. The van der Waals surface area contributed by atoms with Crippen LogP contribution in [0.25, 0.3) is 4.96 Å². The molecule has 0 unspecified atom stereocenters. The second-order valence-corrected chi connectivity index (χ2v) is 8.56. The number of thiazole rings is 1. The molecule has 2 heterocycles.